The number of anilines is 2. The Morgan fingerprint density at radius 3 is 2.57 bits per heavy atom. The average Bonchev–Trinajstić information content (AvgIpc) is 2.87. The van der Waals surface area contributed by atoms with E-state index < -0.39 is 5.95 Å². The van der Waals surface area contributed by atoms with Crippen molar-refractivity contribution in [1.29, 1.82) is 0 Å². The Balaban J connectivity index is 1.37. The standard InChI is InChI=1S/C26H37ClFN5O2/c1-17(16-34-2)32-20-3-5-21(6-4-20)33-25-12-22(23(27)15-30-25)19-11-24(26(28)31-14-19)29-13-18-7-9-35-10-8-18/h11-12,14-15,17-18,20-21,29,32H,3-10,13,16H2,1-2H3,(H,30,33). The number of halogens is 2. The van der Waals surface area contributed by atoms with Crippen molar-refractivity contribution >= 4 is 23.1 Å². The van der Waals surface area contributed by atoms with E-state index in [1.807, 2.05) is 6.07 Å². The number of nitrogens with one attached hydrogen (secondary N) is 3. The molecule has 0 amide bonds. The van der Waals surface area contributed by atoms with Gasteiger partial charge >= 0.3 is 0 Å². The van der Waals surface area contributed by atoms with Gasteiger partial charge in [-0.25, -0.2) is 9.97 Å². The number of nitrogens with zero attached hydrogens (tertiary/aromatic N) is 2. The minimum atomic E-state index is -0.505. The average molecular weight is 506 g/mol. The molecule has 3 N–H and O–H groups in total. The van der Waals surface area contributed by atoms with Gasteiger partial charge in [-0.05, 0) is 63.5 Å². The van der Waals surface area contributed by atoms with Crippen molar-refractivity contribution in [1.82, 2.24) is 15.3 Å². The first kappa shape index (κ1) is 26.1. The van der Waals surface area contributed by atoms with Crippen LogP contribution in [0.2, 0.25) is 5.02 Å². The Bertz CT molecular complexity index is 951. The molecule has 1 saturated carbocycles. The highest BCUT2D eigenvalue weighted by molar-refractivity contribution is 6.33. The lowest BCUT2D eigenvalue weighted by Crippen LogP contribution is -2.42. The molecule has 1 aliphatic heterocycles. The molecule has 0 bridgehead atoms. The molecular weight excluding hydrogens is 469 g/mol. The predicted molar refractivity (Wildman–Crippen MR) is 139 cm³/mol. The molecule has 2 aromatic rings. The number of ether oxygens (including phenoxy) is 2. The van der Waals surface area contributed by atoms with Crippen LogP contribution in [-0.2, 0) is 9.47 Å². The summed E-state index contributed by atoms with van der Waals surface area (Å²) in [7, 11) is 1.74. The minimum Gasteiger partial charge on any atom is -0.383 e. The molecule has 2 fully saturated rings. The van der Waals surface area contributed by atoms with E-state index in [1.54, 1.807) is 19.4 Å². The van der Waals surface area contributed by atoms with Gasteiger partial charge in [0, 0.05) is 68.5 Å². The van der Waals surface area contributed by atoms with Crippen LogP contribution in [0.1, 0.15) is 45.4 Å². The largest absolute Gasteiger partial charge is 0.383 e. The summed E-state index contributed by atoms with van der Waals surface area (Å²) in [4.78, 5) is 8.47. The normalized spacial score (nSPS) is 22.1. The van der Waals surface area contributed by atoms with Crippen LogP contribution in [0.25, 0.3) is 11.1 Å². The second-order valence-corrected chi connectivity index (χ2v) is 10.2. The lowest BCUT2D eigenvalue weighted by Gasteiger charge is -2.32. The molecule has 0 spiro atoms. The lowest BCUT2D eigenvalue weighted by atomic mass is 9.90. The molecule has 9 heteroatoms. The summed E-state index contributed by atoms with van der Waals surface area (Å²) < 4.78 is 25.1. The summed E-state index contributed by atoms with van der Waals surface area (Å²) in [6, 6.07) is 4.95. The van der Waals surface area contributed by atoms with Gasteiger partial charge in [0.1, 0.15) is 5.82 Å². The summed E-state index contributed by atoms with van der Waals surface area (Å²) in [6.45, 7) is 5.11. The zero-order valence-electron chi connectivity index (χ0n) is 20.7. The third-order valence-electron chi connectivity index (χ3n) is 6.94. The quantitative estimate of drug-likeness (QED) is 0.386. The molecule has 4 rings (SSSR count). The van der Waals surface area contributed by atoms with Gasteiger partial charge in [-0.1, -0.05) is 11.6 Å². The van der Waals surface area contributed by atoms with E-state index >= 15 is 0 Å². The molecule has 1 aliphatic carbocycles. The second-order valence-electron chi connectivity index (χ2n) is 9.76. The van der Waals surface area contributed by atoms with E-state index in [0.717, 1.165) is 75.3 Å². The van der Waals surface area contributed by atoms with Gasteiger partial charge in [-0.3, -0.25) is 0 Å². The van der Waals surface area contributed by atoms with Crippen LogP contribution in [0, 0.1) is 11.9 Å². The number of pyridine rings is 2. The van der Waals surface area contributed by atoms with Crippen molar-refractivity contribution in [2.75, 3.05) is 44.1 Å². The summed E-state index contributed by atoms with van der Waals surface area (Å²) in [5.41, 5.74) is 1.94. The maximum absolute atomic E-state index is 14.4. The molecule has 35 heavy (non-hydrogen) atoms. The first-order chi connectivity index (χ1) is 17.0. The van der Waals surface area contributed by atoms with Crippen LogP contribution in [0.3, 0.4) is 0 Å². The Morgan fingerprint density at radius 1 is 1.09 bits per heavy atom. The van der Waals surface area contributed by atoms with E-state index in [1.165, 1.54) is 6.20 Å². The zero-order valence-corrected chi connectivity index (χ0v) is 21.4. The number of methoxy groups -OCH3 is 1. The van der Waals surface area contributed by atoms with E-state index in [4.69, 9.17) is 21.1 Å². The molecule has 1 atom stereocenters. The van der Waals surface area contributed by atoms with Gasteiger partial charge in [0.25, 0.3) is 0 Å². The van der Waals surface area contributed by atoms with Gasteiger partial charge in [-0.2, -0.15) is 4.39 Å². The predicted octanol–water partition coefficient (Wildman–Crippen LogP) is 5.12. The molecule has 0 radical (unpaired) electrons. The van der Waals surface area contributed by atoms with Gasteiger partial charge in [0.2, 0.25) is 5.95 Å². The molecule has 2 aliphatic rings. The maximum Gasteiger partial charge on any atom is 0.236 e. The van der Waals surface area contributed by atoms with E-state index in [0.29, 0.717) is 41.3 Å². The lowest BCUT2D eigenvalue weighted by molar-refractivity contribution is 0.0699. The third kappa shape index (κ3) is 7.49. The molecule has 1 saturated heterocycles. The monoisotopic (exact) mass is 505 g/mol. The van der Waals surface area contributed by atoms with Crippen molar-refractivity contribution < 1.29 is 13.9 Å². The Morgan fingerprint density at radius 2 is 1.83 bits per heavy atom. The maximum atomic E-state index is 14.4. The first-order valence-corrected chi connectivity index (χ1v) is 13.0. The highest BCUT2D eigenvalue weighted by Crippen LogP contribution is 2.32. The summed E-state index contributed by atoms with van der Waals surface area (Å²) in [5, 5.41) is 11.0. The Kier molecular flexibility index (Phi) is 9.54. The molecular formula is C26H37ClFN5O2. The highest BCUT2D eigenvalue weighted by Gasteiger charge is 2.23. The summed E-state index contributed by atoms with van der Waals surface area (Å²) in [5.74, 6) is 0.740. The highest BCUT2D eigenvalue weighted by atomic mass is 35.5. The van der Waals surface area contributed by atoms with Crippen LogP contribution in [-0.4, -0.2) is 61.6 Å². The van der Waals surface area contributed by atoms with E-state index in [9.17, 15) is 4.39 Å². The Labute approximate surface area is 212 Å². The van der Waals surface area contributed by atoms with Crippen LogP contribution < -0.4 is 16.0 Å². The van der Waals surface area contributed by atoms with Crippen LogP contribution in [0.5, 0.6) is 0 Å². The SMILES string of the molecule is COCC(C)NC1CCC(Nc2cc(-c3cnc(F)c(NCC4CCOCC4)c3)c(Cl)cn2)CC1. The number of hydrogen-bond acceptors (Lipinski definition) is 7. The van der Waals surface area contributed by atoms with E-state index in [-0.39, 0.29) is 0 Å². The molecule has 192 valence electrons. The van der Waals surface area contributed by atoms with Gasteiger partial charge < -0.3 is 25.4 Å². The summed E-state index contributed by atoms with van der Waals surface area (Å²) in [6.07, 6.45) is 9.49. The van der Waals surface area contributed by atoms with Crippen molar-refractivity contribution in [2.24, 2.45) is 5.92 Å². The Hall–Kier alpha value is -2.00. The molecule has 0 aromatic carbocycles. The third-order valence-corrected chi connectivity index (χ3v) is 7.24. The van der Waals surface area contributed by atoms with Crippen molar-refractivity contribution in [2.45, 2.75) is 63.6 Å². The van der Waals surface area contributed by atoms with Gasteiger partial charge in [-0.15, -0.1) is 0 Å². The molecule has 7 nitrogen and oxygen atoms in total. The summed E-state index contributed by atoms with van der Waals surface area (Å²) >= 11 is 6.49. The van der Waals surface area contributed by atoms with Gasteiger partial charge in [0.15, 0.2) is 0 Å². The van der Waals surface area contributed by atoms with Crippen LogP contribution in [0.15, 0.2) is 24.5 Å². The van der Waals surface area contributed by atoms with Crippen molar-refractivity contribution in [3.8, 4) is 11.1 Å². The fourth-order valence-corrected chi connectivity index (χ4v) is 5.19. The van der Waals surface area contributed by atoms with E-state index in [2.05, 4.69) is 32.8 Å². The fraction of sp³-hybridized carbons (Fsp3) is 0.615. The van der Waals surface area contributed by atoms with Gasteiger partial charge in [0.05, 0.1) is 17.3 Å². The fourth-order valence-electron chi connectivity index (χ4n) is 4.98. The molecule has 3 heterocycles. The van der Waals surface area contributed by atoms with Crippen LogP contribution >= 0.6 is 11.6 Å². The number of aromatic nitrogens is 2. The second kappa shape index (κ2) is 12.8. The first-order valence-electron chi connectivity index (χ1n) is 12.7. The number of hydrogen-bond donors (Lipinski definition) is 3. The number of rotatable bonds is 10. The smallest absolute Gasteiger partial charge is 0.236 e. The topological polar surface area (TPSA) is 80.3 Å². The minimum absolute atomic E-state index is 0.357. The molecule has 2 aromatic heterocycles. The van der Waals surface area contributed by atoms with Crippen LogP contribution in [0.4, 0.5) is 15.9 Å². The molecule has 1 unspecified atom stereocenters. The van der Waals surface area contributed by atoms with Crippen molar-refractivity contribution in [3.63, 3.8) is 0 Å². The van der Waals surface area contributed by atoms with Crippen molar-refractivity contribution in [3.05, 3.63) is 35.5 Å². The zero-order chi connectivity index (χ0) is 24.6.